The molecular formula is C25H34N2O5S. The van der Waals surface area contributed by atoms with Crippen LogP contribution < -0.4 is 14.8 Å². The summed E-state index contributed by atoms with van der Waals surface area (Å²) >= 11 is 0. The number of piperidine rings is 1. The average Bonchev–Trinajstić information content (AvgIpc) is 2.80. The number of carbonyl (C=O) groups excluding carboxylic acids is 1. The maximum atomic E-state index is 13.3. The molecule has 1 atom stereocenters. The summed E-state index contributed by atoms with van der Waals surface area (Å²) in [4.78, 5) is 13.0. The van der Waals surface area contributed by atoms with E-state index in [-0.39, 0.29) is 41.6 Å². The monoisotopic (exact) mass is 474 g/mol. The zero-order chi connectivity index (χ0) is 24.3. The van der Waals surface area contributed by atoms with Crippen molar-refractivity contribution >= 4 is 15.9 Å². The molecule has 33 heavy (non-hydrogen) atoms. The Morgan fingerprint density at radius 1 is 1.00 bits per heavy atom. The number of hydrogen-bond donors (Lipinski definition) is 1. The van der Waals surface area contributed by atoms with Gasteiger partial charge < -0.3 is 14.8 Å². The first-order valence-corrected chi connectivity index (χ1v) is 12.6. The number of hydrogen-bond acceptors (Lipinski definition) is 5. The lowest BCUT2D eigenvalue weighted by molar-refractivity contribution is -0.126. The molecule has 0 aromatic heterocycles. The minimum Gasteiger partial charge on any atom is -0.497 e. The molecule has 0 bridgehead atoms. The molecule has 2 aromatic carbocycles. The summed E-state index contributed by atoms with van der Waals surface area (Å²) in [5, 5.41) is 3.13. The van der Waals surface area contributed by atoms with E-state index in [9.17, 15) is 13.2 Å². The number of benzene rings is 2. The lowest BCUT2D eigenvalue weighted by Gasteiger charge is -2.31. The Kier molecular flexibility index (Phi) is 7.69. The van der Waals surface area contributed by atoms with Gasteiger partial charge in [-0.3, -0.25) is 4.79 Å². The highest BCUT2D eigenvalue weighted by atomic mass is 32.2. The summed E-state index contributed by atoms with van der Waals surface area (Å²) in [6, 6.07) is 8.88. The smallest absolute Gasteiger partial charge is 0.246 e. The molecule has 1 saturated heterocycles. The van der Waals surface area contributed by atoms with Crippen LogP contribution in [0.4, 0.5) is 0 Å². The first-order valence-electron chi connectivity index (χ1n) is 11.2. The molecule has 7 nitrogen and oxygen atoms in total. The molecular weight excluding hydrogens is 440 g/mol. The van der Waals surface area contributed by atoms with Gasteiger partial charge >= 0.3 is 0 Å². The van der Waals surface area contributed by atoms with Crippen LogP contribution in [0.1, 0.15) is 48.1 Å². The second-order valence-electron chi connectivity index (χ2n) is 8.72. The van der Waals surface area contributed by atoms with Crippen molar-refractivity contribution in [2.24, 2.45) is 5.92 Å². The normalized spacial score (nSPS) is 16.3. The van der Waals surface area contributed by atoms with Crippen molar-refractivity contribution in [3.05, 3.63) is 52.6 Å². The van der Waals surface area contributed by atoms with E-state index in [1.54, 1.807) is 12.1 Å². The first-order chi connectivity index (χ1) is 15.6. The fourth-order valence-corrected chi connectivity index (χ4v) is 5.98. The Balaban J connectivity index is 1.67. The van der Waals surface area contributed by atoms with Gasteiger partial charge in [-0.1, -0.05) is 12.1 Å². The third-order valence-electron chi connectivity index (χ3n) is 6.52. The maximum absolute atomic E-state index is 13.3. The molecule has 1 aliphatic rings. The molecule has 8 heteroatoms. The highest BCUT2D eigenvalue weighted by Gasteiger charge is 2.34. The molecule has 3 rings (SSSR count). The largest absolute Gasteiger partial charge is 0.497 e. The SMILES string of the molecule is COc1ccc(OC)c(S(=O)(=O)N2CCC(C(=O)NC(C)c3cc(C)c(C)cc3C)CC2)c1. The van der Waals surface area contributed by atoms with Crippen LogP contribution in [0.5, 0.6) is 11.5 Å². The van der Waals surface area contributed by atoms with Gasteiger partial charge in [-0.25, -0.2) is 8.42 Å². The van der Waals surface area contributed by atoms with Crippen molar-refractivity contribution in [2.75, 3.05) is 27.3 Å². The Bertz CT molecular complexity index is 1120. The van der Waals surface area contributed by atoms with Gasteiger partial charge in [0.15, 0.2) is 0 Å². The third kappa shape index (κ3) is 5.33. The van der Waals surface area contributed by atoms with Crippen LogP contribution in [0.25, 0.3) is 0 Å². The summed E-state index contributed by atoms with van der Waals surface area (Å²) in [6.45, 7) is 8.75. The van der Waals surface area contributed by atoms with Crippen molar-refractivity contribution in [1.82, 2.24) is 9.62 Å². The molecule has 180 valence electrons. The first kappa shape index (κ1) is 25.1. The van der Waals surface area contributed by atoms with Crippen LogP contribution in [0.15, 0.2) is 35.2 Å². The third-order valence-corrected chi connectivity index (χ3v) is 8.44. The number of nitrogens with zero attached hydrogens (tertiary/aromatic N) is 1. The number of ether oxygens (including phenoxy) is 2. The van der Waals surface area contributed by atoms with Gasteiger partial charge in [-0.2, -0.15) is 4.31 Å². The van der Waals surface area contributed by atoms with E-state index < -0.39 is 10.0 Å². The molecule has 1 aliphatic heterocycles. The van der Waals surface area contributed by atoms with Crippen molar-refractivity contribution in [3.8, 4) is 11.5 Å². The Hall–Kier alpha value is -2.58. The zero-order valence-electron chi connectivity index (χ0n) is 20.3. The molecule has 0 aliphatic carbocycles. The van der Waals surface area contributed by atoms with E-state index >= 15 is 0 Å². The number of carbonyl (C=O) groups is 1. The van der Waals surface area contributed by atoms with Crippen molar-refractivity contribution in [3.63, 3.8) is 0 Å². The van der Waals surface area contributed by atoms with E-state index in [1.807, 2.05) is 6.92 Å². The predicted octanol–water partition coefficient (Wildman–Crippen LogP) is 3.91. The molecule has 1 N–H and O–H groups in total. The number of sulfonamides is 1. The summed E-state index contributed by atoms with van der Waals surface area (Å²) in [7, 11) is -0.841. The highest BCUT2D eigenvalue weighted by Crippen LogP contribution is 2.33. The second-order valence-corrected chi connectivity index (χ2v) is 10.6. The van der Waals surface area contributed by atoms with Crippen molar-refractivity contribution < 1.29 is 22.7 Å². The maximum Gasteiger partial charge on any atom is 0.246 e. The number of nitrogens with one attached hydrogen (secondary N) is 1. The Morgan fingerprint density at radius 3 is 2.24 bits per heavy atom. The topological polar surface area (TPSA) is 84.9 Å². The van der Waals surface area contributed by atoms with Gasteiger partial charge in [0, 0.05) is 25.1 Å². The minimum absolute atomic E-state index is 0.0314. The second kappa shape index (κ2) is 10.1. The standard InChI is InChI=1S/C25H34N2O5S/c1-16-13-18(3)22(14-17(16)2)19(4)26-25(28)20-9-11-27(12-10-20)33(29,30)24-15-21(31-5)7-8-23(24)32-6/h7-8,13-15,19-20H,9-12H2,1-6H3,(H,26,28). The van der Waals surface area contributed by atoms with Crippen molar-refractivity contribution in [1.29, 1.82) is 0 Å². The van der Waals surface area contributed by atoms with Crippen LogP contribution in [-0.4, -0.2) is 45.9 Å². The zero-order valence-corrected chi connectivity index (χ0v) is 21.1. The van der Waals surface area contributed by atoms with Crippen molar-refractivity contribution in [2.45, 2.75) is 51.5 Å². The number of rotatable bonds is 7. The van der Waals surface area contributed by atoms with Gasteiger partial charge in [0.05, 0.1) is 20.3 Å². The fourth-order valence-electron chi connectivity index (χ4n) is 4.34. The van der Waals surface area contributed by atoms with Gasteiger partial charge in [-0.15, -0.1) is 0 Å². The Labute approximate surface area is 197 Å². The molecule has 1 amide bonds. The summed E-state index contributed by atoms with van der Waals surface area (Å²) in [6.07, 6.45) is 0.936. The number of amides is 1. The molecule has 1 heterocycles. The van der Waals surface area contributed by atoms with E-state index in [0.29, 0.717) is 18.6 Å². The average molecular weight is 475 g/mol. The quantitative estimate of drug-likeness (QED) is 0.658. The van der Waals surface area contributed by atoms with Gasteiger partial charge in [0.1, 0.15) is 16.4 Å². The summed E-state index contributed by atoms with van der Waals surface area (Å²) < 4.78 is 38.4. The van der Waals surface area contributed by atoms with Gasteiger partial charge in [0.25, 0.3) is 0 Å². The van der Waals surface area contributed by atoms with Gasteiger partial charge in [0.2, 0.25) is 15.9 Å². The lowest BCUT2D eigenvalue weighted by atomic mass is 9.94. The summed E-state index contributed by atoms with van der Waals surface area (Å²) in [5.74, 6) is 0.460. The van der Waals surface area contributed by atoms with Crippen LogP contribution in [-0.2, 0) is 14.8 Å². The molecule has 1 unspecified atom stereocenters. The molecule has 0 spiro atoms. The minimum atomic E-state index is -3.77. The highest BCUT2D eigenvalue weighted by molar-refractivity contribution is 7.89. The fraction of sp³-hybridized carbons (Fsp3) is 0.480. The molecule has 1 fully saturated rings. The van der Waals surface area contributed by atoms with Crippen LogP contribution in [0.2, 0.25) is 0 Å². The summed E-state index contributed by atoms with van der Waals surface area (Å²) in [5.41, 5.74) is 4.69. The molecule has 2 aromatic rings. The van der Waals surface area contributed by atoms with Crippen LogP contribution in [0, 0.1) is 26.7 Å². The van der Waals surface area contributed by atoms with Crippen LogP contribution in [0.3, 0.4) is 0 Å². The van der Waals surface area contributed by atoms with E-state index in [0.717, 1.165) is 11.1 Å². The molecule has 0 radical (unpaired) electrons. The predicted molar refractivity (Wildman–Crippen MR) is 128 cm³/mol. The Morgan fingerprint density at radius 2 is 1.64 bits per heavy atom. The van der Waals surface area contributed by atoms with E-state index in [2.05, 4.69) is 38.2 Å². The van der Waals surface area contributed by atoms with E-state index in [1.165, 1.54) is 35.7 Å². The number of aryl methyl sites for hydroxylation is 3. The number of methoxy groups -OCH3 is 2. The lowest BCUT2D eigenvalue weighted by Crippen LogP contribution is -2.43. The van der Waals surface area contributed by atoms with Gasteiger partial charge in [-0.05, 0) is 74.9 Å². The van der Waals surface area contributed by atoms with Crippen LogP contribution >= 0.6 is 0 Å². The van der Waals surface area contributed by atoms with E-state index in [4.69, 9.17) is 9.47 Å². The molecule has 0 saturated carbocycles.